The smallest absolute Gasteiger partial charge is 0.263 e. The zero-order chi connectivity index (χ0) is 12.1. The van der Waals surface area contributed by atoms with E-state index >= 15 is 0 Å². The maximum atomic E-state index is 5.20. The third-order valence-corrected chi connectivity index (χ3v) is 4.11. The van der Waals surface area contributed by atoms with E-state index in [0.29, 0.717) is 5.71 Å². The van der Waals surface area contributed by atoms with E-state index in [1.807, 2.05) is 6.92 Å². The number of nitrogens with zero attached hydrogens (tertiary/aromatic N) is 4. The number of hydrogen-bond acceptors (Lipinski definition) is 6. The van der Waals surface area contributed by atoms with Crippen molar-refractivity contribution in [2.75, 3.05) is 31.1 Å². The first kappa shape index (κ1) is 10.3. The fourth-order valence-electron chi connectivity index (χ4n) is 3.17. The van der Waals surface area contributed by atoms with Crippen LogP contribution in [0.5, 0.6) is 0 Å². The van der Waals surface area contributed by atoms with Gasteiger partial charge in [-0.05, 0) is 18.8 Å². The van der Waals surface area contributed by atoms with E-state index in [9.17, 15) is 0 Å². The van der Waals surface area contributed by atoms with Gasteiger partial charge in [0.2, 0.25) is 0 Å². The second-order valence-corrected chi connectivity index (χ2v) is 5.23. The van der Waals surface area contributed by atoms with Gasteiger partial charge in [0.15, 0.2) is 0 Å². The number of nitrogens with one attached hydrogen (secondary N) is 1. The van der Waals surface area contributed by atoms with Crippen molar-refractivity contribution >= 4 is 16.9 Å². The van der Waals surface area contributed by atoms with Crippen LogP contribution in [0, 0.1) is 18.8 Å². The molecule has 2 fully saturated rings. The lowest BCUT2D eigenvalue weighted by atomic mass is 10.0. The summed E-state index contributed by atoms with van der Waals surface area (Å²) in [6.45, 7) is 6.32. The van der Waals surface area contributed by atoms with E-state index < -0.39 is 0 Å². The van der Waals surface area contributed by atoms with Crippen molar-refractivity contribution in [3.05, 3.63) is 12.0 Å². The molecule has 6 nitrogen and oxygen atoms in total. The molecule has 6 heteroatoms. The normalized spacial score (nSPS) is 27.1. The molecule has 4 rings (SSSR count). The summed E-state index contributed by atoms with van der Waals surface area (Å²) >= 11 is 0. The highest BCUT2D eigenvalue weighted by Crippen LogP contribution is 2.33. The van der Waals surface area contributed by atoms with E-state index in [1.54, 1.807) is 6.33 Å². The van der Waals surface area contributed by atoms with Crippen LogP contribution in [0.1, 0.15) is 5.69 Å². The number of hydrogen-bond donors (Lipinski definition) is 1. The molecule has 0 radical (unpaired) electrons. The Kier molecular flexibility index (Phi) is 2.08. The van der Waals surface area contributed by atoms with Gasteiger partial charge < -0.3 is 14.7 Å². The summed E-state index contributed by atoms with van der Waals surface area (Å²) in [7, 11) is 0. The van der Waals surface area contributed by atoms with E-state index in [0.717, 1.165) is 54.9 Å². The van der Waals surface area contributed by atoms with Crippen molar-refractivity contribution in [3.8, 4) is 0 Å². The first-order valence-corrected chi connectivity index (χ1v) is 6.35. The molecule has 0 aromatic carbocycles. The Bertz CT molecular complexity index is 583. The van der Waals surface area contributed by atoms with Crippen LogP contribution in [0.25, 0.3) is 11.1 Å². The molecule has 2 aliphatic heterocycles. The summed E-state index contributed by atoms with van der Waals surface area (Å²) in [5, 5.41) is 8.40. The lowest BCUT2D eigenvalue weighted by Crippen LogP contribution is -2.26. The van der Waals surface area contributed by atoms with Gasteiger partial charge in [0.25, 0.3) is 5.71 Å². The SMILES string of the molecule is Cc1noc2ncnc(N3CC4CNCC4C3)c12. The molecule has 1 N–H and O–H groups in total. The lowest BCUT2D eigenvalue weighted by Gasteiger charge is -2.18. The van der Waals surface area contributed by atoms with Gasteiger partial charge in [-0.15, -0.1) is 0 Å². The van der Waals surface area contributed by atoms with Crippen molar-refractivity contribution in [2.45, 2.75) is 6.92 Å². The van der Waals surface area contributed by atoms with Crippen LogP contribution in [0.4, 0.5) is 5.82 Å². The molecule has 2 aliphatic rings. The standard InChI is InChI=1S/C12H15N5O/c1-7-10-11(14-6-15-12(10)18-16-7)17-4-8-2-13-3-9(8)5-17/h6,8-9,13H,2-5H2,1H3. The molecule has 4 heterocycles. The topological polar surface area (TPSA) is 67.1 Å². The molecule has 2 unspecified atom stereocenters. The molecule has 2 atom stereocenters. The minimum absolute atomic E-state index is 0.590. The Morgan fingerprint density at radius 3 is 2.83 bits per heavy atom. The molecular formula is C12H15N5O. The molecule has 94 valence electrons. The summed E-state index contributed by atoms with van der Waals surface area (Å²) in [5.41, 5.74) is 1.46. The summed E-state index contributed by atoms with van der Waals surface area (Å²) < 4.78 is 5.20. The third-order valence-electron chi connectivity index (χ3n) is 4.11. The molecular weight excluding hydrogens is 230 g/mol. The van der Waals surface area contributed by atoms with E-state index in [1.165, 1.54) is 0 Å². The molecule has 18 heavy (non-hydrogen) atoms. The summed E-state index contributed by atoms with van der Waals surface area (Å²) in [6.07, 6.45) is 1.56. The Balaban J connectivity index is 1.77. The second-order valence-electron chi connectivity index (χ2n) is 5.23. The number of anilines is 1. The fraction of sp³-hybridized carbons (Fsp3) is 0.583. The minimum atomic E-state index is 0.590. The van der Waals surface area contributed by atoms with Gasteiger partial charge in [-0.25, -0.2) is 4.98 Å². The van der Waals surface area contributed by atoms with Crippen LogP contribution in [-0.4, -0.2) is 41.3 Å². The minimum Gasteiger partial charge on any atom is -0.355 e. The maximum Gasteiger partial charge on any atom is 0.263 e. The van der Waals surface area contributed by atoms with Gasteiger partial charge in [0.05, 0.1) is 5.69 Å². The average molecular weight is 245 g/mol. The summed E-state index contributed by atoms with van der Waals surface area (Å²) in [5.74, 6) is 2.47. The van der Waals surface area contributed by atoms with E-state index in [-0.39, 0.29) is 0 Å². The largest absolute Gasteiger partial charge is 0.355 e. The molecule has 0 spiro atoms. The van der Waals surface area contributed by atoms with Crippen LogP contribution in [0.2, 0.25) is 0 Å². The molecule has 0 saturated carbocycles. The Labute approximate surface area is 104 Å². The lowest BCUT2D eigenvalue weighted by molar-refractivity contribution is 0.442. The first-order valence-electron chi connectivity index (χ1n) is 6.35. The van der Waals surface area contributed by atoms with Gasteiger partial charge in [-0.2, -0.15) is 4.98 Å². The first-order chi connectivity index (χ1) is 8.83. The van der Waals surface area contributed by atoms with Crippen molar-refractivity contribution < 1.29 is 4.52 Å². The van der Waals surface area contributed by atoms with Crippen LogP contribution in [-0.2, 0) is 0 Å². The molecule has 0 bridgehead atoms. The third kappa shape index (κ3) is 1.35. The highest BCUT2D eigenvalue weighted by molar-refractivity contribution is 5.87. The van der Waals surface area contributed by atoms with E-state index in [4.69, 9.17) is 4.52 Å². The number of aryl methyl sites for hydroxylation is 1. The van der Waals surface area contributed by atoms with Crippen LogP contribution < -0.4 is 10.2 Å². The van der Waals surface area contributed by atoms with Crippen molar-refractivity contribution in [3.63, 3.8) is 0 Å². The fourth-order valence-corrected chi connectivity index (χ4v) is 3.17. The zero-order valence-electron chi connectivity index (χ0n) is 10.3. The molecule has 2 saturated heterocycles. The van der Waals surface area contributed by atoms with Crippen molar-refractivity contribution in [2.24, 2.45) is 11.8 Å². The van der Waals surface area contributed by atoms with Gasteiger partial charge in [-0.3, -0.25) is 0 Å². The van der Waals surface area contributed by atoms with Crippen LogP contribution in [0.3, 0.4) is 0 Å². The molecule has 0 aliphatic carbocycles. The van der Waals surface area contributed by atoms with Gasteiger partial charge in [0.1, 0.15) is 17.5 Å². The van der Waals surface area contributed by atoms with Gasteiger partial charge >= 0.3 is 0 Å². The predicted octanol–water partition coefficient (Wildman–Crippen LogP) is 0.582. The van der Waals surface area contributed by atoms with Gasteiger partial charge in [0, 0.05) is 26.2 Å². The average Bonchev–Trinajstić information content (AvgIpc) is 3.03. The summed E-state index contributed by atoms with van der Waals surface area (Å²) in [6, 6.07) is 0. The van der Waals surface area contributed by atoms with Crippen LogP contribution in [0.15, 0.2) is 10.9 Å². The highest BCUT2D eigenvalue weighted by atomic mass is 16.5. The quantitative estimate of drug-likeness (QED) is 0.792. The predicted molar refractivity (Wildman–Crippen MR) is 66.4 cm³/mol. The number of rotatable bonds is 1. The zero-order valence-corrected chi connectivity index (χ0v) is 10.3. The summed E-state index contributed by atoms with van der Waals surface area (Å²) in [4.78, 5) is 10.9. The monoisotopic (exact) mass is 245 g/mol. The maximum absolute atomic E-state index is 5.20. The number of fused-ring (bicyclic) bond motifs is 2. The Morgan fingerprint density at radius 1 is 1.28 bits per heavy atom. The highest BCUT2D eigenvalue weighted by Gasteiger charge is 2.37. The molecule has 2 aromatic heterocycles. The Morgan fingerprint density at radius 2 is 2.06 bits per heavy atom. The molecule has 2 aromatic rings. The second kappa shape index (κ2) is 3.65. The van der Waals surface area contributed by atoms with Crippen molar-refractivity contribution in [1.82, 2.24) is 20.4 Å². The number of aromatic nitrogens is 3. The van der Waals surface area contributed by atoms with Crippen LogP contribution >= 0.6 is 0 Å². The van der Waals surface area contributed by atoms with Gasteiger partial charge in [-0.1, -0.05) is 5.16 Å². The Hall–Kier alpha value is -1.69. The molecule has 0 amide bonds. The van der Waals surface area contributed by atoms with E-state index in [2.05, 4.69) is 25.3 Å². The van der Waals surface area contributed by atoms with Crippen molar-refractivity contribution in [1.29, 1.82) is 0 Å².